The molecular formula is C21H29ClN2O5. The van der Waals surface area contributed by atoms with Crippen molar-refractivity contribution in [2.75, 3.05) is 34.0 Å². The minimum atomic E-state index is -0.284. The molecule has 0 saturated carbocycles. The lowest BCUT2D eigenvalue weighted by Crippen LogP contribution is -2.33. The first-order chi connectivity index (χ1) is 14.0. The van der Waals surface area contributed by atoms with Crippen LogP contribution in [-0.4, -0.2) is 46.0 Å². The largest absolute Gasteiger partial charge is 0.498 e. The van der Waals surface area contributed by atoms with Crippen LogP contribution in [0.2, 0.25) is 5.02 Å². The summed E-state index contributed by atoms with van der Waals surface area (Å²) < 4.78 is 17.1. The Balaban J connectivity index is 0.000000438. The highest BCUT2D eigenvalue weighted by Gasteiger charge is 2.36. The Bertz CT molecular complexity index is 747. The molecule has 1 aromatic rings. The lowest BCUT2D eigenvalue weighted by Gasteiger charge is -2.33. The molecule has 3 atom stereocenters. The van der Waals surface area contributed by atoms with E-state index < -0.39 is 0 Å². The van der Waals surface area contributed by atoms with Crippen LogP contribution in [0.3, 0.4) is 0 Å². The third-order valence-corrected chi connectivity index (χ3v) is 4.59. The predicted molar refractivity (Wildman–Crippen MR) is 113 cm³/mol. The highest BCUT2D eigenvalue weighted by molar-refractivity contribution is 6.30. The standard InChI is InChI=1S/C17H19ClN2O3.C4H10O2/c1-21-14-5-3-4-11(17(14)22-2)16-12-8-10(18)6-7-13(12)20-15(19)9-23-16;1-3-5-6-4-2/h3-8,11,16-17H,9H2,1-2H3,(H2,19,20);3-4H2,1-2H3. The zero-order chi connectivity index (χ0) is 21.2. The van der Waals surface area contributed by atoms with E-state index in [9.17, 15) is 0 Å². The summed E-state index contributed by atoms with van der Waals surface area (Å²) >= 11 is 6.18. The Hall–Kier alpha value is -1.90. The van der Waals surface area contributed by atoms with Crippen LogP contribution in [0.5, 0.6) is 0 Å². The number of rotatable bonds is 6. The molecule has 3 unspecified atom stereocenters. The number of methoxy groups -OCH3 is 2. The Kier molecular flexibility index (Phi) is 9.63. The SMILES string of the molecule is CCOOCC.COC1=CC=CC(C2OCC(N)=Nc3ccc(Cl)cc32)C1OC. The minimum Gasteiger partial charge on any atom is -0.498 e. The third-order valence-electron chi connectivity index (χ3n) is 4.35. The molecule has 1 aromatic carbocycles. The van der Waals surface area contributed by atoms with Gasteiger partial charge in [0.05, 0.1) is 32.1 Å². The smallest absolute Gasteiger partial charge is 0.126 e. The number of fused-ring (bicyclic) bond motifs is 1. The number of nitrogens with zero attached hydrogens (tertiary/aromatic N) is 1. The van der Waals surface area contributed by atoms with Crippen LogP contribution < -0.4 is 5.73 Å². The highest BCUT2D eigenvalue weighted by atomic mass is 35.5. The van der Waals surface area contributed by atoms with E-state index in [1.807, 2.05) is 44.2 Å². The molecule has 0 saturated heterocycles. The molecule has 3 rings (SSSR count). The second-order valence-corrected chi connectivity index (χ2v) is 6.68. The van der Waals surface area contributed by atoms with Crippen LogP contribution in [0.15, 0.2) is 47.2 Å². The molecule has 7 nitrogen and oxygen atoms in total. The van der Waals surface area contributed by atoms with E-state index in [1.54, 1.807) is 20.3 Å². The zero-order valence-corrected chi connectivity index (χ0v) is 18.0. The summed E-state index contributed by atoms with van der Waals surface area (Å²) in [7, 11) is 3.29. The van der Waals surface area contributed by atoms with Gasteiger partial charge in [0.15, 0.2) is 0 Å². The average molecular weight is 425 g/mol. The first-order valence-electron chi connectivity index (χ1n) is 9.49. The van der Waals surface area contributed by atoms with Gasteiger partial charge in [-0.05, 0) is 38.1 Å². The van der Waals surface area contributed by atoms with Gasteiger partial charge in [-0.3, -0.25) is 0 Å². The number of ether oxygens (including phenoxy) is 3. The fourth-order valence-electron chi connectivity index (χ4n) is 3.17. The molecule has 1 aliphatic carbocycles. The van der Waals surface area contributed by atoms with Crippen molar-refractivity contribution in [2.45, 2.75) is 26.1 Å². The van der Waals surface area contributed by atoms with Gasteiger partial charge in [-0.2, -0.15) is 0 Å². The van der Waals surface area contributed by atoms with Gasteiger partial charge in [0, 0.05) is 23.6 Å². The summed E-state index contributed by atoms with van der Waals surface area (Å²) in [5.41, 5.74) is 7.57. The van der Waals surface area contributed by atoms with E-state index in [-0.39, 0.29) is 24.7 Å². The van der Waals surface area contributed by atoms with Gasteiger partial charge in [0.2, 0.25) is 0 Å². The number of allylic oxidation sites excluding steroid dienone is 2. The molecule has 8 heteroatoms. The Morgan fingerprint density at radius 3 is 2.55 bits per heavy atom. The van der Waals surface area contributed by atoms with Crippen molar-refractivity contribution in [3.63, 3.8) is 0 Å². The molecule has 0 bridgehead atoms. The van der Waals surface area contributed by atoms with Gasteiger partial charge in [0.1, 0.15) is 24.3 Å². The van der Waals surface area contributed by atoms with E-state index in [0.717, 1.165) is 17.0 Å². The normalized spacial score (nSPS) is 23.1. The second-order valence-electron chi connectivity index (χ2n) is 6.24. The Morgan fingerprint density at radius 1 is 1.21 bits per heavy atom. The zero-order valence-electron chi connectivity index (χ0n) is 17.3. The first-order valence-corrected chi connectivity index (χ1v) is 9.87. The van der Waals surface area contributed by atoms with E-state index in [1.165, 1.54) is 0 Å². The Labute approximate surface area is 177 Å². The van der Waals surface area contributed by atoms with Crippen LogP contribution in [-0.2, 0) is 24.0 Å². The second kappa shape index (κ2) is 11.9. The van der Waals surface area contributed by atoms with Crippen LogP contribution >= 0.6 is 11.6 Å². The molecule has 1 aliphatic heterocycles. The molecule has 0 spiro atoms. The predicted octanol–water partition coefficient (Wildman–Crippen LogP) is 4.11. The molecular weight excluding hydrogens is 396 g/mol. The van der Waals surface area contributed by atoms with Crippen LogP contribution in [0.1, 0.15) is 25.5 Å². The summed E-state index contributed by atoms with van der Waals surface area (Å²) in [5.74, 6) is 1.12. The monoisotopic (exact) mass is 424 g/mol. The third kappa shape index (κ3) is 6.29. The molecule has 2 N–H and O–H groups in total. The van der Waals surface area contributed by atoms with Crippen molar-refractivity contribution in [2.24, 2.45) is 16.6 Å². The molecule has 0 fully saturated rings. The number of amidine groups is 1. The van der Waals surface area contributed by atoms with Crippen molar-refractivity contribution >= 4 is 23.1 Å². The molecule has 29 heavy (non-hydrogen) atoms. The summed E-state index contributed by atoms with van der Waals surface area (Å²) in [6.07, 6.45) is 5.36. The van der Waals surface area contributed by atoms with Gasteiger partial charge in [-0.25, -0.2) is 14.8 Å². The number of halogens is 1. The lowest BCUT2D eigenvalue weighted by atomic mass is 9.86. The van der Waals surface area contributed by atoms with Crippen molar-refractivity contribution in [1.82, 2.24) is 0 Å². The molecule has 1 heterocycles. The Morgan fingerprint density at radius 2 is 1.93 bits per heavy atom. The summed E-state index contributed by atoms with van der Waals surface area (Å²) in [6, 6.07) is 5.52. The summed E-state index contributed by atoms with van der Waals surface area (Å²) in [5, 5.41) is 0.629. The molecule has 0 aromatic heterocycles. The van der Waals surface area contributed by atoms with Gasteiger partial charge >= 0.3 is 0 Å². The molecule has 0 amide bonds. The number of benzene rings is 1. The molecule has 2 aliphatic rings. The van der Waals surface area contributed by atoms with Crippen molar-refractivity contribution < 1.29 is 24.0 Å². The van der Waals surface area contributed by atoms with E-state index >= 15 is 0 Å². The maximum Gasteiger partial charge on any atom is 0.126 e. The number of hydrogen-bond donors (Lipinski definition) is 1. The highest BCUT2D eigenvalue weighted by Crippen LogP contribution is 2.41. The number of hydrogen-bond acceptors (Lipinski definition) is 7. The van der Waals surface area contributed by atoms with E-state index in [4.69, 9.17) is 31.5 Å². The average Bonchev–Trinajstić information content (AvgIpc) is 2.90. The first kappa shape index (κ1) is 23.4. The summed E-state index contributed by atoms with van der Waals surface area (Å²) in [4.78, 5) is 13.4. The van der Waals surface area contributed by atoms with Gasteiger partial charge in [-0.1, -0.05) is 23.8 Å². The number of aliphatic imine (C=N–C) groups is 1. The van der Waals surface area contributed by atoms with Crippen molar-refractivity contribution in [3.05, 3.63) is 52.8 Å². The van der Waals surface area contributed by atoms with Crippen molar-refractivity contribution in [1.29, 1.82) is 0 Å². The summed E-state index contributed by atoms with van der Waals surface area (Å²) in [6.45, 7) is 5.29. The van der Waals surface area contributed by atoms with E-state index in [0.29, 0.717) is 24.1 Å². The maximum atomic E-state index is 6.18. The fraction of sp³-hybridized carbons (Fsp3) is 0.476. The quantitative estimate of drug-likeness (QED) is 0.420. The number of nitrogens with two attached hydrogens (primary N) is 1. The van der Waals surface area contributed by atoms with Crippen LogP contribution in [0, 0.1) is 5.92 Å². The molecule has 0 radical (unpaired) electrons. The van der Waals surface area contributed by atoms with Gasteiger partial charge in [0.25, 0.3) is 0 Å². The van der Waals surface area contributed by atoms with Crippen LogP contribution in [0.25, 0.3) is 0 Å². The van der Waals surface area contributed by atoms with Crippen LogP contribution in [0.4, 0.5) is 5.69 Å². The lowest BCUT2D eigenvalue weighted by molar-refractivity contribution is -0.287. The molecule has 160 valence electrons. The van der Waals surface area contributed by atoms with Gasteiger partial charge < -0.3 is 19.9 Å². The van der Waals surface area contributed by atoms with Crippen molar-refractivity contribution in [3.8, 4) is 0 Å². The topological polar surface area (TPSA) is 84.5 Å². The van der Waals surface area contributed by atoms with E-state index in [2.05, 4.69) is 14.8 Å². The van der Waals surface area contributed by atoms with Gasteiger partial charge in [-0.15, -0.1) is 0 Å². The maximum absolute atomic E-state index is 6.18. The minimum absolute atomic E-state index is 0.0710. The fourth-order valence-corrected chi connectivity index (χ4v) is 3.35.